The first kappa shape index (κ1) is 14.5. The molecule has 3 heteroatoms. The zero-order valence-corrected chi connectivity index (χ0v) is 12.1. The third-order valence-electron chi connectivity index (χ3n) is 3.85. The van der Waals surface area contributed by atoms with Gasteiger partial charge in [-0.15, -0.1) is 0 Å². The van der Waals surface area contributed by atoms with Gasteiger partial charge in [0.1, 0.15) is 0 Å². The van der Waals surface area contributed by atoms with Gasteiger partial charge in [0.2, 0.25) is 0 Å². The highest BCUT2D eigenvalue weighted by Gasteiger charge is 2.26. The molecule has 19 heavy (non-hydrogen) atoms. The van der Waals surface area contributed by atoms with E-state index in [1.165, 1.54) is 5.56 Å². The van der Waals surface area contributed by atoms with E-state index in [1.807, 2.05) is 0 Å². The van der Waals surface area contributed by atoms with E-state index < -0.39 is 0 Å². The van der Waals surface area contributed by atoms with Crippen LogP contribution in [0.1, 0.15) is 25.8 Å². The zero-order valence-electron chi connectivity index (χ0n) is 12.1. The standard InChI is InChI=1S/C16H26N2O/c1-13-11-18(12-14(2)19-13)16(10-17)9-8-15-6-4-3-5-7-15/h3-7,13-14,16H,8-12,17H2,1-2H3. The lowest BCUT2D eigenvalue weighted by atomic mass is 10.0. The lowest BCUT2D eigenvalue weighted by molar-refractivity contribution is -0.0800. The van der Waals surface area contributed by atoms with Crippen LogP contribution in [0.15, 0.2) is 30.3 Å². The van der Waals surface area contributed by atoms with Gasteiger partial charge in [-0.1, -0.05) is 30.3 Å². The van der Waals surface area contributed by atoms with E-state index in [9.17, 15) is 0 Å². The van der Waals surface area contributed by atoms with Crippen LogP contribution in [0.2, 0.25) is 0 Å². The monoisotopic (exact) mass is 262 g/mol. The minimum atomic E-state index is 0.314. The summed E-state index contributed by atoms with van der Waals surface area (Å²) >= 11 is 0. The Bertz CT molecular complexity index is 358. The van der Waals surface area contributed by atoms with Crippen LogP contribution in [0, 0.1) is 0 Å². The van der Waals surface area contributed by atoms with Gasteiger partial charge in [0.05, 0.1) is 12.2 Å². The van der Waals surface area contributed by atoms with Crippen LogP contribution in [-0.4, -0.2) is 42.8 Å². The molecule has 1 aromatic rings. The van der Waals surface area contributed by atoms with Gasteiger partial charge < -0.3 is 10.5 Å². The van der Waals surface area contributed by atoms with Crippen molar-refractivity contribution in [2.24, 2.45) is 5.73 Å². The van der Waals surface area contributed by atoms with E-state index in [-0.39, 0.29) is 0 Å². The highest BCUT2D eigenvalue weighted by atomic mass is 16.5. The second-order valence-electron chi connectivity index (χ2n) is 5.63. The molecule has 0 aromatic heterocycles. The van der Waals surface area contributed by atoms with Crippen LogP contribution in [0.25, 0.3) is 0 Å². The van der Waals surface area contributed by atoms with E-state index in [0.29, 0.717) is 18.2 Å². The number of ether oxygens (including phenoxy) is 1. The van der Waals surface area contributed by atoms with Crippen molar-refractivity contribution in [1.29, 1.82) is 0 Å². The molecule has 2 rings (SSSR count). The van der Waals surface area contributed by atoms with Gasteiger partial charge in [-0.2, -0.15) is 0 Å². The predicted octanol–water partition coefficient (Wildman–Crippen LogP) is 2.06. The molecule has 0 radical (unpaired) electrons. The summed E-state index contributed by atoms with van der Waals surface area (Å²) in [7, 11) is 0. The van der Waals surface area contributed by atoms with Gasteiger partial charge in [-0.05, 0) is 32.3 Å². The Hall–Kier alpha value is -0.900. The lowest BCUT2D eigenvalue weighted by Crippen LogP contribution is -2.52. The quantitative estimate of drug-likeness (QED) is 0.882. The van der Waals surface area contributed by atoms with Crippen molar-refractivity contribution in [3.63, 3.8) is 0 Å². The molecule has 3 unspecified atom stereocenters. The predicted molar refractivity (Wildman–Crippen MR) is 79.2 cm³/mol. The molecular weight excluding hydrogens is 236 g/mol. The molecule has 1 heterocycles. The fraction of sp³-hybridized carbons (Fsp3) is 0.625. The Kier molecular flexibility index (Phi) is 5.37. The van der Waals surface area contributed by atoms with Crippen molar-refractivity contribution < 1.29 is 4.74 Å². The SMILES string of the molecule is CC1CN(C(CN)CCc2ccccc2)CC(C)O1. The van der Waals surface area contributed by atoms with Crippen molar-refractivity contribution in [2.75, 3.05) is 19.6 Å². The third kappa shape index (κ3) is 4.30. The first-order chi connectivity index (χ1) is 9.19. The first-order valence-corrected chi connectivity index (χ1v) is 7.32. The number of aryl methyl sites for hydroxylation is 1. The molecule has 0 aliphatic carbocycles. The topological polar surface area (TPSA) is 38.5 Å². The Morgan fingerprint density at radius 1 is 1.21 bits per heavy atom. The molecule has 3 atom stereocenters. The Labute approximate surface area is 116 Å². The highest BCUT2D eigenvalue weighted by Crippen LogP contribution is 2.16. The van der Waals surface area contributed by atoms with Gasteiger partial charge in [0.15, 0.2) is 0 Å². The van der Waals surface area contributed by atoms with Gasteiger partial charge in [-0.25, -0.2) is 0 Å². The van der Waals surface area contributed by atoms with Crippen LogP contribution in [0.3, 0.4) is 0 Å². The molecule has 1 aliphatic heterocycles. The molecule has 1 aliphatic rings. The van der Waals surface area contributed by atoms with E-state index >= 15 is 0 Å². The third-order valence-corrected chi connectivity index (χ3v) is 3.85. The van der Waals surface area contributed by atoms with Crippen LogP contribution in [-0.2, 0) is 11.2 Å². The number of nitrogens with two attached hydrogens (primary N) is 1. The molecule has 1 saturated heterocycles. The average molecular weight is 262 g/mol. The second kappa shape index (κ2) is 7.04. The van der Waals surface area contributed by atoms with Crippen molar-refractivity contribution in [2.45, 2.75) is 44.9 Å². The van der Waals surface area contributed by atoms with Gasteiger partial charge in [0.25, 0.3) is 0 Å². The number of nitrogens with zero attached hydrogens (tertiary/aromatic N) is 1. The van der Waals surface area contributed by atoms with Crippen molar-refractivity contribution in [1.82, 2.24) is 4.90 Å². The minimum absolute atomic E-state index is 0.314. The highest BCUT2D eigenvalue weighted by molar-refractivity contribution is 5.14. The number of morpholine rings is 1. The molecule has 0 spiro atoms. The van der Waals surface area contributed by atoms with Gasteiger partial charge in [-0.3, -0.25) is 4.90 Å². The first-order valence-electron chi connectivity index (χ1n) is 7.32. The summed E-state index contributed by atoms with van der Waals surface area (Å²) in [5.41, 5.74) is 7.37. The van der Waals surface area contributed by atoms with E-state index in [0.717, 1.165) is 32.5 Å². The molecule has 0 bridgehead atoms. The van der Waals surface area contributed by atoms with E-state index in [4.69, 9.17) is 10.5 Å². The van der Waals surface area contributed by atoms with Crippen molar-refractivity contribution in [3.8, 4) is 0 Å². The van der Waals surface area contributed by atoms with Crippen molar-refractivity contribution in [3.05, 3.63) is 35.9 Å². The molecule has 106 valence electrons. The maximum Gasteiger partial charge on any atom is 0.0678 e. The number of hydrogen-bond donors (Lipinski definition) is 1. The Morgan fingerprint density at radius 2 is 1.84 bits per heavy atom. The lowest BCUT2D eigenvalue weighted by Gasteiger charge is -2.40. The van der Waals surface area contributed by atoms with Gasteiger partial charge >= 0.3 is 0 Å². The molecular formula is C16H26N2O. The van der Waals surface area contributed by atoms with E-state index in [2.05, 4.69) is 49.1 Å². The summed E-state index contributed by atoms with van der Waals surface area (Å²) in [5.74, 6) is 0. The smallest absolute Gasteiger partial charge is 0.0678 e. The zero-order chi connectivity index (χ0) is 13.7. The summed E-state index contributed by atoms with van der Waals surface area (Å²) in [4.78, 5) is 2.50. The van der Waals surface area contributed by atoms with Crippen LogP contribution < -0.4 is 5.73 Å². The largest absolute Gasteiger partial charge is 0.373 e. The van der Waals surface area contributed by atoms with Crippen LogP contribution in [0.5, 0.6) is 0 Å². The molecule has 3 nitrogen and oxygen atoms in total. The normalized spacial score (nSPS) is 26.3. The Balaban J connectivity index is 1.89. The maximum absolute atomic E-state index is 5.98. The Morgan fingerprint density at radius 3 is 2.42 bits per heavy atom. The molecule has 1 aromatic carbocycles. The maximum atomic E-state index is 5.98. The number of rotatable bonds is 5. The summed E-state index contributed by atoms with van der Waals surface area (Å²) in [6, 6.07) is 11.1. The minimum Gasteiger partial charge on any atom is -0.373 e. The summed E-state index contributed by atoms with van der Waals surface area (Å²) < 4.78 is 5.79. The molecule has 0 amide bonds. The molecule has 2 N–H and O–H groups in total. The fourth-order valence-corrected chi connectivity index (χ4v) is 2.94. The van der Waals surface area contributed by atoms with Crippen molar-refractivity contribution >= 4 is 0 Å². The molecule has 1 fully saturated rings. The second-order valence-corrected chi connectivity index (χ2v) is 5.63. The number of hydrogen-bond acceptors (Lipinski definition) is 3. The van der Waals surface area contributed by atoms with Crippen LogP contribution in [0.4, 0.5) is 0 Å². The molecule has 0 saturated carbocycles. The van der Waals surface area contributed by atoms with Crippen LogP contribution >= 0.6 is 0 Å². The van der Waals surface area contributed by atoms with Gasteiger partial charge in [0, 0.05) is 25.7 Å². The summed E-state index contributed by atoms with van der Waals surface area (Å²) in [6.07, 6.45) is 2.85. The summed E-state index contributed by atoms with van der Waals surface area (Å²) in [5, 5.41) is 0. The average Bonchev–Trinajstić information content (AvgIpc) is 2.39. The fourth-order valence-electron chi connectivity index (χ4n) is 2.94. The van der Waals surface area contributed by atoms with E-state index in [1.54, 1.807) is 0 Å². The summed E-state index contributed by atoms with van der Waals surface area (Å²) in [6.45, 7) is 7.02. The number of benzene rings is 1.